The molecule has 118 valence electrons. The van der Waals surface area contributed by atoms with Gasteiger partial charge >= 0.3 is 0 Å². The smallest absolute Gasteiger partial charge is 0.0613 e. The summed E-state index contributed by atoms with van der Waals surface area (Å²) in [5.41, 5.74) is -0.0422. The highest BCUT2D eigenvalue weighted by molar-refractivity contribution is 4.97. The molecule has 3 atom stereocenters. The van der Waals surface area contributed by atoms with Crippen LogP contribution < -0.4 is 5.32 Å². The van der Waals surface area contributed by atoms with E-state index in [9.17, 15) is 5.11 Å². The van der Waals surface area contributed by atoms with Crippen LogP contribution in [0.1, 0.15) is 45.4 Å². The second kappa shape index (κ2) is 7.21. The third-order valence-corrected chi connectivity index (χ3v) is 5.54. The van der Waals surface area contributed by atoms with Crippen molar-refractivity contribution in [3.63, 3.8) is 0 Å². The van der Waals surface area contributed by atoms with Crippen LogP contribution >= 0.6 is 0 Å². The molecule has 1 heterocycles. The van der Waals surface area contributed by atoms with E-state index in [1.165, 1.54) is 45.3 Å². The van der Waals surface area contributed by atoms with Crippen molar-refractivity contribution in [1.82, 2.24) is 15.1 Å². The lowest BCUT2D eigenvalue weighted by atomic mass is 9.78. The van der Waals surface area contributed by atoms with Gasteiger partial charge in [-0.1, -0.05) is 6.92 Å². The molecule has 0 bridgehead atoms. The molecule has 4 heteroatoms. The van der Waals surface area contributed by atoms with E-state index >= 15 is 0 Å². The van der Waals surface area contributed by atoms with Crippen LogP contribution in [-0.2, 0) is 0 Å². The van der Waals surface area contributed by atoms with Crippen LogP contribution in [0.25, 0.3) is 0 Å². The van der Waals surface area contributed by atoms with Gasteiger partial charge in [0.2, 0.25) is 0 Å². The molecule has 1 saturated heterocycles. The Morgan fingerprint density at radius 2 is 2.10 bits per heavy atom. The normalized spacial score (nSPS) is 37.8. The highest BCUT2D eigenvalue weighted by Gasteiger charge is 2.38. The predicted octanol–water partition coefficient (Wildman–Crippen LogP) is 1.30. The van der Waals surface area contributed by atoms with Gasteiger partial charge in [0.15, 0.2) is 0 Å². The van der Waals surface area contributed by atoms with Crippen molar-refractivity contribution < 1.29 is 5.11 Å². The summed E-state index contributed by atoms with van der Waals surface area (Å²) in [6.07, 6.45) is 7.24. The molecular formula is C16H33N3O. The quantitative estimate of drug-likeness (QED) is 0.816. The summed E-state index contributed by atoms with van der Waals surface area (Å²) >= 11 is 0. The van der Waals surface area contributed by atoms with Gasteiger partial charge in [0.05, 0.1) is 6.61 Å². The third-order valence-electron chi connectivity index (χ3n) is 5.54. The van der Waals surface area contributed by atoms with Crippen molar-refractivity contribution in [2.24, 2.45) is 0 Å². The van der Waals surface area contributed by atoms with Crippen LogP contribution in [0.5, 0.6) is 0 Å². The van der Waals surface area contributed by atoms with Crippen LogP contribution in [0.2, 0.25) is 0 Å². The van der Waals surface area contributed by atoms with Crippen LogP contribution in [-0.4, -0.2) is 72.9 Å². The van der Waals surface area contributed by atoms with Crippen LogP contribution in [0, 0.1) is 0 Å². The molecule has 2 N–H and O–H groups in total. The first-order chi connectivity index (χ1) is 9.64. The predicted molar refractivity (Wildman–Crippen MR) is 84.0 cm³/mol. The van der Waals surface area contributed by atoms with E-state index in [1.54, 1.807) is 0 Å². The summed E-state index contributed by atoms with van der Waals surface area (Å²) in [7, 11) is 4.25. The van der Waals surface area contributed by atoms with Gasteiger partial charge in [0.1, 0.15) is 0 Å². The summed E-state index contributed by atoms with van der Waals surface area (Å²) < 4.78 is 0. The summed E-state index contributed by atoms with van der Waals surface area (Å²) in [4.78, 5) is 5.23. The van der Waals surface area contributed by atoms with Crippen molar-refractivity contribution in [3.8, 4) is 0 Å². The lowest BCUT2D eigenvalue weighted by Gasteiger charge is -2.46. The molecule has 0 radical (unpaired) electrons. The summed E-state index contributed by atoms with van der Waals surface area (Å²) in [6, 6.07) is 1.32. The zero-order valence-corrected chi connectivity index (χ0v) is 13.6. The van der Waals surface area contributed by atoms with Gasteiger partial charge in [0, 0.05) is 24.2 Å². The summed E-state index contributed by atoms with van der Waals surface area (Å²) in [5, 5.41) is 13.2. The van der Waals surface area contributed by atoms with Crippen molar-refractivity contribution in [3.05, 3.63) is 0 Å². The van der Waals surface area contributed by atoms with Gasteiger partial charge < -0.3 is 15.3 Å². The second-order valence-electron chi connectivity index (χ2n) is 6.85. The van der Waals surface area contributed by atoms with Gasteiger partial charge in [-0.3, -0.25) is 4.90 Å². The topological polar surface area (TPSA) is 38.7 Å². The molecule has 20 heavy (non-hydrogen) atoms. The third kappa shape index (κ3) is 3.53. The molecule has 1 saturated carbocycles. The first-order valence-corrected chi connectivity index (χ1v) is 8.38. The largest absolute Gasteiger partial charge is 0.394 e. The molecule has 0 aromatic carbocycles. The van der Waals surface area contributed by atoms with Gasteiger partial charge in [-0.05, 0) is 65.7 Å². The van der Waals surface area contributed by atoms with E-state index in [-0.39, 0.29) is 12.1 Å². The fourth-order valence-corrected chi connectivity index (χ4v) is 4.17. The maximum absolute atomic E-state index is 9.79. The molecule has 1 aliphatic carbocycles. The van der Waals surface area contributed by atoms with E-state index in [1.807, 2.05) is 7.05 Å². The molecule has 0 spiro atoms. The molecule has 0 aromatic rings. The number of hydrogen-bond acceptors (Lipinski definition) is 4. The fraction of sp³-hybridized carbons (Fsp3) is 1.00. The molecular weight excluding hydrogens is 250 g/mol. The van der Waals surface area contributed by atoms with Gasteiger partial charge in [0.25, 0.3) is 0 Å². The number of hydrogen-bond donors (Lipinski definition) is 2. The van der Waals surface area contributed by atoms with Crippen molar-refractivity contribution in [2.75, 3.05) is 40.3 Å². The molecule has 2 fully saturated rings. The molecule has 4 nitrogen and oxygen atoms in total. The zero-order chi connectivity index (χ0) is 14.6. The first-order valence-electron chi connectivity index (χ1n) is 8.38. The number of nitrogens with one attached hydrogen (secondary N) is 1. The second-order valence-corrected chi connectivity index (χ2v) is 6.85. The maximum Gasteiger partial charge on any atom is 0.0613 e. The highest BCUT2D eigenvalue weighted by Crippen LogP contribution is 2.32. The molecule has 1 aliphatic heterocycles. The summed E-state index contributed by atoms with van der Waals surface area (Å²) in [5.74, 6) is 0. The van der Waals surface area contributed by atoms with Crippen LogP contribution in [0.3, 0.4) is 0 Å². The van der Waals surface area contributed by atoms with E-state index in [0.29, 0.717) is 12.1 Å². The van der Waals surface area contributed by atoms with E-state index in [0.717, 1.165) is 12.8 Å². The number of aliphatic hydroxyl groups is 1. The fourth-order valence-electron chi connectivity index (χ4n) is 4.17. The van der Waals surface area contributed by atoms with Gasteiger partial charge in [-0.15, -0.1) is 0 Å². The Balaban J connectivity index is 2.07. The highest BCUT2D eigenvalue weighted by atomic mass is 16.3. The maximum atomic E-state index is 9.79. The van der Waals surface area contributed by atoms with Crippen molar-refractivity contribution >= 4 is 0 Å². The number of aliphatic hydroxyl groups excluding tert-OH is 1. The minimum Gasteiger partial charge on any atom is -0.394 e. The van der Waals surface area contributed by atoms with E-state index < -0.39 is 0 Å². The Hall–Kier alpha value is -0.160. The lowest BCUT2D eigenvalue weighted by Crippen LogP contribution is -2.56. The number of nitrogens with zero attached hydrogens (tertiary/aromatic N) is 2. The average Bonchev–Trinajstić information content (AvgIpc) is 2.68. The molecule has 2 aliphatic rings. The van der Waals surface area contributed by atoms with E-state index in [4.69, 9.17) is 0 Å². The Labute approximate surface area is 124 Å². The van der Waals surface area contributed by atoms with Crippen LogP contribution in [0.4, 0.5) is 0 Å². The Bertz CT molecular complexity index is 293. The standard InChI is InChI=1S/C16H33N3O/c1-4-14-12-18(3)9-6-10-19(14)15-7-5-8-16(11-15,13-20)17-2/h14-15,17,20H,4-13H2,1-3H3. The van der Waals surface area contributed by atoms with Gasteiger partial charge in [-0.25, -0.2) is 0 Å². The SMILES string of the molecule is CCC1CN(C)CCCN1C1CCCC(CO)(NC)C1. The number of likely N-dealkylation sites (N-methyl/N-ethyl adjacent to an activating group) is 2. The molecule has 3 unspecified atom stereocenters. The Kier molecular flexibility index (Phi) is 5.84. The zero-order valence-electron chi connectivity index (χ0n) is 13.6. The molecule has 0 amide bonds. The minimum absolute atomic E-state index is 0.0422. The lowest BCUT2D eigenvalue weighted by molar-refractivity contribution is 0.0414. The van der Waals surface area contributed by atoms with Crippen molar-refractivity contribution in [1.29, 1.82) is 0 Å². The minimum atomic E-state index is -0.0422. The average molecular weight is 283 g/mol. The Morgan fingerprint density at radius 3 is 2.75 bits per heavy atom. The monoisotopic (exact) mass is 283 g/mol. The Morgan fingerprint density at radius 1 is 1.30 bits per heavy atom. The van der Waals surface area contributed by atoms with Gasteiger partial charge in [-0.2, -0.15) is 0 Å². The van der Waals surface area contributed by atoms with Crippen molar-refractivity contribution in [2.45, 2.75) is 63.1 Å². The van der Waals surface area contributed by atoms with Crippen LogP contribution in [0.15, 0.2) is 0 Å². The number of rotatable bonds is 4. The summed E-state index contributed by atoms with van der Waals surface area (Å²) in [6.45, 7) is 6.22. The first kappa shape index (κ1) is 16.2. The van der Waals surface area contributed by atoms with E-state index in [2.05, 4.69) is 29.1 Å². The molecule has 0 aromatic heterocycles. The molecule has 2 rings (SSSR count).